The molecule has 0 bridgehead atoms. The van der Waals surface area contributed by atoms with Gasteiger partial charge in [-0.1, -0.05) is 23.8 Å². The van der Waals surface area contributed by atoms with Gasteiger partial charge in [0.25, 0.3) is 0 Å². The van der Waals surface area contributed by atoms with Crippen LogP contribution in [0.5, 0.6) is 0 Å². The van der Waals surface area contributed by atoms with Crippen molar-refractivity contribution in [3.05, 3.63) is 34.9 Å². The predicted octanol–water partition coefficient (Wildman–Crippen LogP) is 2.73. The molecule has 100 valence electrons. The first-order valence-corrected chi connectivity index (χ1v) is 6.35. The molecule has 0 radical (unpaired) electrons. The van der Waals surface area contributed by atoms with Crippen LogP contribution in [0.3, 0.4) is 0 Å². The first-order chi connectivity index (χ1) is 8.36. The molecule has 0 unspecified atom stereocenters. The summed E-state index contributed by atoms with van der Waals surface area (Å²) in [5.74, 6) is -0.213. The smallest absolute Gasteiger partial charge is 0.325 e. The van der Waals surface area contributed by atoms with Gasteiger partial charge < -0.3 is 4.74 Å². The molecular weight excluding hydrogens is 226 g/mol. The zero-order valence-corrected chi connectivity index (χ0v) is 12.0. The van der Waals surface area contributed by atoms with Gasteiger partial charge in [0.1, 0.15) is 5.54 Å². The van der Waals surface area contributed by atoms with Gasteiger partial charge in [0.15, 0.2) is 0 Å². The van der Waals surface area contributed by atoms with Crippen molar-refractivity contribution in [2.24, 2.45) is 0 Å². The SMILES string of the molecule is CCOC(=O)C(C)(C)NCc1ccc(C)cc1C. The molecule has 1 rings (SSSR count). The van der Waals surface area contributed by atoms with Gasteiger partial charge in [0.05, 0.1) is 6.61 Å². The maximum atomic E-state index is 11.7. The largest absolute Gasteiger partial charge is 0.465 e. The molecule has 0 spiro atoms. The van der Waals surface area contributed by atoms with Crippen molar-refractivity contribution in [2.75, 3.05) is 6.61 Å². The Balaban J connectivity index is 2.66. The highest BCUT2D eigenvalue weighted by atomic mass is 16.5. The van der Waals surface area contributed by atoms with Gasteiger partial charge in [-0.3, -0.25) is 10.1 Å². The van der Waals surface area contributed by atoms with E-state index < -0.39 is 5.54 Å². The number of rotatable bonds is 5. The van der Waals surface area contributed by atoms with Crippen LogP contribution in [-0.2, 0) is 16.1 Å². The van der Waals surface area contributed by atoms with Crippen LogP contribution in [0, 0.1) is 13.8 Å². The quantitative estimate of drug-likeness (QED) is 0.815. The summed E-state index contributed by atoms with van der Waals surface area (Å²) in [5.41, 5.74) is 3.04. The third-order valence-corrected chi connectivity index (χ3v) is 3.00. The normalized spacial score (nSPS) is 11.4. The summed E-state index contributed by atoms with van der Waals surface area (Å²) in [6.07, 6.45) is 0. The Morgan fingerprint density at radius 3 is 2.56 bits per heavy atom. The number of carbonyl (C=O) groups excluding carboxylic acids is 1. The van der Waals surface area contributed by atoms with E-state index >= 15 is 0 Å². The summed E-state index contributed by atoms with van der Waals surface area (Å²) in [7, 11) is 0. The third kappa shape index (κ3) is 3.84. The molecule has 1 N–H and O–H groups in total. The van der Waals surface area contributed by atoms with Gasteiger partial charge in [0.2, 0.25) is 0 Å². The number of benzene rings is 1. The van der Waals surface area contributed by atoms with Crippen molar-refractivity contribution in [3.8, 4) is 0 Å². The first kappa shape index (κ1) is 14.7. The third-order valence-electron chi connectivity index (χ3n) is 3.00. The second kappa shape index (κ2) is 6.01. The van der Waals surface area contributed by atoms with E-state index in [0.29, 0.717) is 13.2 Å². The number of carbonyl (C=O) groups is 1. The Morgan fingerprint density at radius 2 is 2.00 bits per heavy atom. The van der Waals surface area contributed by atoms with Crippen molar-refractivity contribution in [1.82, 2.24) is 5.32 Å². The van der Waals surface area contributed by atoms with Crippen LogP contribution < -0.4 is 5.32 Å². The fraction of sp³-hybridized carbons (Fsp3) is 0.533. The molecule has 3 heteroatoms. The molecule has 0 aliphatic rings. The maximum absolute atomic E-state index is 11.7. The Kier molecular flexibility index (Phi) is 4.91. The molecule has 0 fully saturated rings. The summed E-state index contributed by atoms with van der Waals surface area (Å²) in [4.78, 5) is 11.7. The van der Waals surface area contributed by atoms with Gasteiger partial charge in [-0.05, 0) is 45.7 Å². The van der Waals surface area contributed by atoms with Crippen molar-refractivity contribution < 1.29 is 9.53 Å². The van der Waals surface area contributed by atoms with Crippen molar-refractivity contribution in [2.45, 2.75) is 46.7 Å². The van der Waals surface area contributed by atoms with E-state index in [4.69, 9.17) is 4.74 Å². The number of aryl methyl sites for hydroxylation is 2. The van der Waals surface area contributed by atoms with E-state index in [1.807, 2.05) is 20.8 Å². The topological polar surface area (TPSA) is 38.3 Å². The van der Waals surface area contributed by atoms with Gasteiger partial charge >= 0.3 is 5.97 Å². The summed E-state index contributed by atoms with van der Waals surface area (Å²) in [6, 6.07) is 6.33. The number of esters is 1. The molecule has 0 aliphatic carbocycles. The van der Waals surface area contributed by atoms with E-state index in [2.05, 4.69) is 37.4 Å². The molecule has 0 saturated carbocycles. The fourth-order valence-electron chi connectivity index (χ4n) is 1.74. The lowest BCUT2D eigenvalue weighted by atomic mass is 10.0. The number of hydrogen-bond acceptors (Lipinski definition) is 3. The minimum Gasteiger partial charge on any atom is -0.465 e. The van der Waals surface area contributed by atoms with Crippen LogP contribution in [0.2, 0.25) is 0 Å². The molecule has 0 atom stereocenters. The molecule has 0 saturated heterocycles. The van der Waals surface area contributed by atoms with E-state index in [1.165, 1.54) is 16.7 Å². The molecule has 1 aromatic carbocycles. The highest BCUT2D eigenvalue weighted by Gasteiger charge is 2.28. The molecule has 3 nitrogen and oxygen atoms in total. The van der Waals surface area contributed by atoms with Crippen LogP contribution in [0.15, 0.2) is 18.2 Å². The van der Waals surface area contributed by atoms with Gasteiger partial charge in [-0.2, -0.15) is 0 Å². The second-order valence-corrected chi connectivity index (χ2v) is 5.13. The van der Waals surface area contributed by atoms with Gasteiger partial charge in [-0.15, -0.1) is 0 Å². The minimum atomic E-state index is -0.659. The van der Waals surface area contributed by atoms with Gasteiger partial charge in [-0.25, -0.2) is 0 Å². The van der Waals surface area contributed by atoms with E-state index in [-0.39, 0.29) is 5.97 Å². The Labute approximate surface area is 110 Å². The standard InChI is InChI=1S/C15H23NO2/c1-6-18-14(17)15(4,5)16-10-13-8-7-11(2)9-12(13)3/h7-9,16H,6,10H2,1-5H3. The maximum Gasteiger partial charge on any atom is 0.325 e. The van der Waals surface area contributed by atoms with E-state index in [9.17, 15) is 4.79 Å². The number of hydrogen-bond donors (Lipinski definition) is 1. The lowest BCUT2D eigenvalue weighted by Gasteiger charge is -2.24. The van der Waals surface area contributed by atoms with Crippen LogP contribution >= 0.6 is 0 Å². The highest BCUT2D eigenvalue weighted by molar-refractivity contribution is 5.79. The zero-order chi connectivity index (χ0) is 13.8. The van der Waals surface area contributed by atoms with Crippen molar-refractivity contribution in [1.29, 1.82) is 0 Å². The second-order valence-electron chi connectivity index (χ2n) is 5.13. The molecule has 18 heavy (non-hydrogen) atoms. The van der Waals surface area contributed by atoms with Crippen LogP contribution in [0.1, 0.15) is 37.5 Å². The predicted molar refractivity (Wildman–Crippen MR) is 73.5 cm³/mol. The molecular formula is C15H23NO2. The van der Waals surface area contributed by atoms with Crippen LogP contribution in [0.25, 0.3) is 0 Å². The van der Waals surface area contributed by atoms with Crippen molar-refractivity contribution >= 4 is 5.97 Å². The average Bonchev–Trinajstić information content (AvgIpc) is 2.28. The first-order valence-electron chi connectivity index (χ1n) is 6.35. The Bertz CT molecular complexity index is 425. The Morgan fingerprint density at radius 1 is 1.33 bits per heavy atom. The van der Waals surface area contributed by atoms with E-state index in [0.717, 1.165) is 0 Å². The number of nitrogens with one attached hydrogen (secondary N) is 1. The molecule has 0 aromatic heterocycles. The molecule has 0 amide bonds. The van der Waals surface area contributed by atoms with E-state index in [1.54, 1.807) is 0 Å². The molecule has 0 heterocycles. The summed E-state index contributed by atoms with van der Waals surface area (Å²) in [5, 5.41) is 3.25. The number of ether oxygens (including phenoxy) is 1. The summed E-state index contributed by atoms with van der Waals surface area (Å²) < 4.78 is 5.04. The molecule has 0 aliphatic heterocycles. The van der Waals surface area contributed by atoms with Crippen LogP contribution in [-0.4, -0.2) is 18.1 Å². The lowest BCUT2D eigenvalue weighted by molar-refractivity contribution is -0.149. The monoisotopic (exact) mass is 249 g/mol. The zero-order valence-electron chi connectivity index (χ0n) is 12.0. The Hall–Kier alpha value is -1.35. The summed E-state index contributed by atoms with van der Waals surface area (Å²) >= 11 is 0. The average molecular weight is 249 g/mol. The highest BCUT2D eigenvalue weighted by Crippen LogP contribution is 2.13. The van der Waals surface area contributed by atoms with Gasteiger partial charge in [0, 0.05) is 6.54 Å². The molecule has 1 aromatic rings. The van der Waals surface area contributed by atoms with Crippen molar-refractivity contribution in [3.63, 3.8) is 0 Å². The minimum absolute atomic E-state index is 0.213. The fourth-order valence-corrected chi connectivity index (χ4v) is 1.74. The summed E-state index contributed by atoms with van der Waals surface area (Å²) in [6.45, 7) is 10.7. The van der Waals surface area contributed by atoms with Crippen LogP contribution in [0.4, 0.5) is 0 Å². The lowest BCUT2D eigenvalue weighted by Crippen LogP contribution is -2.47.